The standard InChI is InChI=1S/C13H21N3O4S2/c1-20-13(17)12-9-11(10-21-12)22(18,19)15-3-2-6-16-7-4-14-5-8-16/h9-10,14-15H,2-8H2,1H3. The zero-order chi connectivity index (χ0) is 16.0. The van der Waals surface area contributed by atoms with Crippen LogP contribution in [0.3, 0.4) is 0 Å². The van der Waals surface area contributed by atoms with Crippen LogP contribution in [0.2, 0.25) is 0 Å². The Morgan fingerprint density at radius 3 is 2.86 bits per heavy atom. The van der Waals surface area contributed by atoms with Crippen molar-refractivity contribution in [3.8, 4) is 0 Å². The van der Waals surface area contributed by atoms with Gasteiger partial charge in [-0.15, -0.1) is 11.3 Å². The van der Waals surface area contributed by atoms with Crippen LogP contribution in [0, 0.1) is 0 Å². The highest BCUT2D eigenvalue weighted by Gasteiger charge is 2.19. The van der Waals surface area contributed by atoms with E-state index in [4.69, 9.17) is 0 Å². The molecular formula is C13H21N3O4S2. The summed E-state index contributed by atoms with van der Waals surface area (Å²) in [4.78, 5) is 14.1. The van der Waals surface area contributed by atoms with Gasteiger partial charge in [0, 0.05) is 38.1 Å². The van der Waals surface area contributed by atoms with Crippen molar-refractivity contribution < 1.29 is 17.9 Å². The number of esters is 1. The highest BCUT2D eigenvalue weighted by atomic mass is 32.2. The van der Waals surface area contributed by atoms with E-state index in [0.717, 1.165) is 50.5 Å². The van der Waals surface area contributed by atoms with Gasteiger partial charge >= 0.3 is 5.97 Å². The molecule has 7 nitrogen and oxygen atoms in total. The second-order valence-corrected chi connectivity index (χ2v) is 7.66. The van der Waals surface area contributed by atoms with Crippen LogP contribution in [0.4, 0.5) is 0 Å². The van der Waals surface area contributed by atoms with Gasteiger partial charge < -0.3 is 15.0 Å². The van der Waals surface area contributed by atoms with Gasteiger partial charge in [-0.05, 0) is 19.0 Å². The second-order valence-electron chi connectivity index (χ2n) is 4.98. The molecule has 1 aromatic heterocycles. The van der Waals surface area contributed by atoms with Gasteiger partial charge in [0.05, 0.1) is 12.0 Å². The van der Waals surface area contributed by atoms with E-state index in [9.17, 15) is 13.2 Å². The molecule has 2 rings (SSSR count). The van der Waals surface area contributed by atoms with Crippen molar-refractivity contribution in [3.05, 3.63) is 16.3 Å². The van der Waals surface area contributed by atoms with E-state index in [1.54, 1.807) is 0 Å². The van der Waals surface area contributed by atoms with Crippen molar-refractivity contribution in [1.82, 2.24) is 14.9 Å². The summed E-state index contributed by atoms with van der Waals surface area (Å²) >= 11 is 1.06. The van der Waals surface area contributed by atoms with Crippen molar-refractivity contribution in [1.29, 1.82) is 0 Å². The third-order valence-corrected chi connectivity index (χ3v) is 5.93. The van der Waals surface area contributed by atoms with Crippen LogP contribution in [0.25, 0.3) is 0 Å². The average molecular weight is 347 g/mol. The minimum atomic E-state index is -3.56. The Kier molecular flexibility index (Phi) is 6.33. The number of thiophene rings is 1. The molecule has 0 radical (unpaired) electrons. The number of rotatable bonds is 7. The van der Waals surface area contributed by atoms with Crippen molar-refractivity contribution >= 4 is 27.3 Å². The van der Waals surface area contributed by atoms with Gasteiger partial charge in [0.1, 0.15) is 4.88 Å². The molecule has 0 atom stereocenters. The fraction of sp³-hybridized carbons (Fsp3) is 0.615. The fourth-order valence-electron chi connectivity index (χ4n) is 2.19. The number of sulfonamides is 1. The van der Waals surface area contributed by atoms with E-state index < -0.39 is 16.0 Å². The third-order valence-electron chi connectivity index (χ3n) is 3.43. The molecular weight excluding hydrogens is 326 g/mol. The lowest BCUT2D eigenvalue weighted by atomic mass is 10.3. The van der Waals surface area contributed by atoms with Crippen molar-refractivity contribution in [3.63, 3.8) is 0 Å². The molecule has 2 heterocycles. The quantitative estimate of drug-likeness (QED) is 0.538. The maximum absolute atomic E-state index is 12.1. The van der Waals surface area contributed by atoms with E-state index in [0.29, 0.717) is 6.54 Å². The normalized spacial score (nSPS) is 16.6. The molecule has 1 saturated heterocycles. The van der Waals surface area contributed by atoms with Crippen molar-refractivity contribution in [2.75, 3.05) is 46.4 Å². The predicted octanol–water partition coefficient (Wildman–Crippen LogP) is 0.108. The van der Waals surface area contributed by atoms with Crippen molar-refractivity contribution in [2.24, 2.45) is 0 Å². The van der Waals surface area contributed by atoms with Gasteiger partial charge in [0.15, 0.2) is 0 Å². The maximum Gasteiger partial charge on any atom is 0.348 e. The summed E-state index contributed by atoms with van der Waals surface area (Å²) in [5.41, 5.74) is 0. The number of methoxy groups -OCH3 is 1. The van der Waals surface area contributed by atoms with Crippen LogP contribution >= 0.6 is 11.3 Å². The number of piperazine rings is 1. The Balaban J connectivity index is 1.80. The molecule has 0 aliphatic carbocycles. The van der Waals surface area contributed by atoms with Gasteiger partial charge in [0.2, 0.25) is 10.0 Å². The third kappa shape index (κ3) is 4.75. The lowest BCUT2D eigenvalue weighted by molar-refractivity contribution is 0.0606. The molecule has 124 valence electrons. The first-order valence-electron chi connectivity index (χ1n) is 7.12. The van der Waals surface area contributed by atoms with Crippen LogP contribution in [0.15, 0.2) is 16.3 Å². The summed E-state index contributed by atoms with van der Waals surface area (Å²) in [6, 6.07) is 1.34. The Labute approximate surface area is 134 Å². The molecule has 0 spiro atoms. The van der Waals surface area contributed by atoms with Gasteiger partial charge in [-0.1, -0.05) is 0 Å². The van der Waals surface area contributed by atoms with Crippen LogP contribution in [-0.4, -0.2) is 65.7 Å². The number of nitrogens with one attached hydrogen (secondary N) is 2. The Morgan fingerprint density at radius 2 is 2.18 bits per heavy atom. The van der Waals surface area contributed by atoms with E-state index >= 15 is 0 Å². The zero-order valence-electron chi connectivity index (χ0n) is 12.5. The van der Waals surface area contributed by atoms with Gasteiger partial charge in [-0.3, -0.25) is 0 Å². The summed E-state index contributed by atoms with van der Waals surface area (Å²) in [6.45, 7) is 5.23. The van der Waals surface area contributed by atoms with Crippen LogP contribution in [-0.2, 0) is 14.8 Å². The van der Waals surface area contributed by atoms with Crippen LogP contribution in [0.1, 0.15) is 16.1 Å². The maximum atomic E-state index is 12.1. The Morgan fingerprint density at radius 1 is 1.45 bits per heavy atom. The molecule has 2 N–H and O–H groups in total. The van der Waals surface area contributed by atoms with E-state index in [2.05, 4.69) is 19.7 Å². The number of ether oxygens (including phenoxy) is 1. The predicted molar refractivity (Wildman–Crippen MR) is 84.8 cm³/mol. The molecule has 0 bridgehead atoms. The molecule has 0 amide bonds. The minimum absolute atomic E-state index is 0.111. The first-order valence-corrected chi connectivity index (χ1v) is 9.49. The topological polar surface area (TPSA) is 87.7 Å². The monoisotopic (exact) mass is 347 g/mol. The highest BCUT2D eigenvalue weighted by Crippen LogP contribution is 2.19. The van der Waals surface area contributed by atoms with Crippen molar-refractivity contribution in [2.45, 2.75) is 11.3 Å². The molecule has 1 fully saturated rings. The molecule has 0 saturated carbocycles. The lowest BCUT2D eigenvalue weighted by Gasteiger charge is -2.26. The lowest BCUT2D eigenvalue weighted by Crippen LogP contribution is -2.44. The summed E-state index contributed by atoms with van der Waals surface area (Å²) in [6.07, 6.45) is 0.757. The Hall–Kier alpha value is -1.00. The largest absolute Gasteiger partial charge is 0.465 e. The molecule has 1 aliphatic heterocycles. The minimum Gasteiger partial charge on any atom is -0.465 e. The fourth-order valence-corrected chi connectivity index (χ4v) is 4.46. The van der Waals surface area contributed by atoms with E-state index in [1.165, 1.54) is 18.6 Å². The van der Waals surface area contributed by atoms with E-state index in [1.807, 2.05) is 0 Å². The van der Waals surface area contributed by atoms with Gasteiger partial charge in [-0.25, -0.2) is 17.9 Å². The number of carbonyl (C=O) groups is 1. The molecule has 1 aromatic rings. The molecule has 0 aromatic carbocycles. The molecule has 9 heteroatoms. The van der Waals surface area contributed by atoms with Crippen LogP contribution in [0.5, 0.6) is 0 Å². The number of nitrogens with zero attached hydrogens (tertiary/aromatic N) is 1. The van der Waals surface area contributed by atoms with E-state index in [-0.39, 0.29) is 9.77 Å². The van der Waals surface area contributed by atoms with Crippen LogP contribution < -0.4 is 10.0 Å². The summed E-state index contributed by atoms with van der Waals surface area (Å²) < 4.78 is 31.4. The number of carbonyl (C=O) groups excluding carboxylic acids is 1. The molecule has 22 heavy (non-hydrogen) atoms. The van der Waals surface area contributed by atoms with Gasteiger partial charge in [-0.2, -0.15) is 0 Å². The molecule has 0 unspecified atom stereocenters. The first-order chi connectivity index (χ1) is 10.5. The summed E-state index contributed by atoms with van der Waals surface area (Å²) in [7, 11) is -2.29. The number of hydrogen-bond donors (Lipinski definition) is 2. The zero-order valence-corrected chi connectivity index (χ0v) is 14.1. The summed E-state index contributed by atoms with van der Waals surface area (Å²) in [5, 5.41) is 4.73. The van der Waals surface area contributed by atoms with Gasteiger partial charge in [0.25, 0.3) is 0 Å². The second kappa shape index (κ2) is 8.02. The highest BCUT2D eigenvalue weighted by molar-refractivity contribution is 7.89. The average Bonchev–Trinajstić information content (AvgIpc) is 3.03. The Bertz CT molecular complexity index is 594. The summed E-state index contributed by atoms with van der Waals surface area (Å²) in [5.74, 6) is -0.523. The smallest absolute Gasteiger partial charge is 0.348 e. The number of hydrogen-bond acceptors (Lipinski definition) is 7. The first kappa shape index (κ1) is 17.4. The molecule has 1 aliphatic rings. The SMILES string of the molecule is COC(=O)c1cc(S(=O)(=O)NCCCN2CCNCC2)cs1.